The summed E-state index contributed by atoms with van der Waals surface area (Å²) in [4.78, 5) is 15.8. The fourth-order valence-electron chi connectivity index (χ4n) is 3.71. The molecule has 0 saturated carbocycles. The highest BCUT2D eigenvalue weighted by Gasteiger charge is 2.16. The van der Waals surface area contributed by atoms with Crippen molar-refractivity contribution in [1.29, 1.82) is 0 Å². The van der Waals surface area contributed by atoms with Crippen molar-refractivity contribution in [2.24, 2.45) is 4.99 Å². The number of fused-ring (bicyclic) bond motifs is 1. The average Bonchev–Trinajstić information content (AvgIpc) is 3.37. The van der Waals surface area contributed by atoms with Gasteiger partial charge in [-0.3, -0.25) is 9.98 Å². The Bertz CT molecular complexity index is 862. The quantitative estimate of drug-likeness (QED) is 0.707. The second-order valence-electron chi connectivity index (χ2n) is 7.24. The van der Waals surface area contributed by atoms with Gasteiger partial charge in [-0.1, -0.05) is 0 Å². The summed E-state index contributed by atoms with van der Waals surface area (Å²) < 4.78 is 11.4. The monoisotopic (exact) mass is 381 g/mol. The van der Waals surface area contributed by atoms with E-state index in [-0.39, 0.29) is 0 Å². The van der Waals surface area contributed by atoms with E-state index in [1.807, 2.05) is 25.3 Å². The summed E-state index contributed by atoms with van der Waals surface area (Å²) >= 11 is 0. The molecule has 4 heterocycles. The normalized spacial score (nSPS) is 15.6. The molecule has 0 aromatic carbocycles. The minimum Gasteiger partial charge on any atom is -0.491 e. The Morgan fingerprint density at radius 1 is 1.18 bits per heavy atom. The van der Waals surface area contributed by atoms with E-state index in [0.717, 1.165) is 35.6 Å². The standard InChI is InChI=1S/C21H27N5O2/c1-15-10-17(16-12-22-13-18(16)24-15)25-21-11-19(20(27-2)14-23-21)28-9-5-8-26-6-3-4-7-26/h10-12,14H,3-9,13H2,1-2H3,(H,23,24,25). The molecule has 28 heavy (non-hydrogen) atoms. The summed E-state index contributed by atoms with van der Waals surface area (Å²) in [6, 6.07) is 3.90. The van der Waals surface area contributed by atoms with E-state index in [1.54, 1.807) is 13.3 Å². The largest absolute Gasteiger partial charge is 0.491 e. The van der Waals surface area contributed by atoms with Crippen LogP contribution >= 0.6 is 0 Å². The van der Waals surface area contributed by atoms with Crippen LogP contribution in [0.25, 0.3) is 0 Å². The van der Waals surface area contributed by atoms with Gasteiger partial charge in [-0.05, 0) is 45.3 Å². The summed E-state index contributed by atoms with van der Waals surface area (Å²) in [6.45, 7) is 6.79. The predicted octanol–water partition coefficient (Wildman–Crippen LogP) is 3.33. The van der Waals surface area contributed by atoms with Gasteiger partial charge in [-0.2, -0.15) is 0 Å². The molecule has 0 aliphatic carbocycles. The van der Waals surface area contributed by atoms with Crippen molar-refractivity contribution in [1.82, 2.24) is 14.9 Å². The van der Waals surface area contributed by atoms with Crippen LogP contribution in [0.2, 0.25) is 0 Å². The first-order valence-electron chi connectivity index (χ1n) is 9.89. The summed E-state index contributed by atoms with van der Waals surface area (Å²) in [6.07, 6.45) is 7.19. The van der Waals surface area contributed by atoms with Gasteiger partial charge in [-0.15, -0.1) is 0 Å². The summed E-state index contributed by atoms with van der Waals surface area (Å²) in [5.74, 6) is 2.06. The number of hydrogen-bond acceptors (Lipinski definition) is 7. The number of methoxy groups -OCH3 is 1. The zero-order valence-electron chi connectivity index (χ0n) is 16.6. The highest BCUT2D eigenvalue weighted by Crippen LogP contribution is 2.31. The highest BCUT2D eigenvalue weighted by molar-refractivity contribution is 5.92. The van der Waals surface area contributed by atoms with Gasteiger partial charge in [0.2, 0.25) is 0 Å². The lowest BCUT2D eigenvalue weighted by Crippen LogP contribution is -2.22. The third-order valence-corrected chi connectivity index (χ3v) is 5.12. The van der Waals surface area contributed by atoms with Gasteiger partial charge in [0.25, 0.3) is 0 Å². The summed E-state index contributed by atoms with van der Waals surface area (Å²) in [5.41, 5.74) is 3.94. The van der Waals surface area contributed by atoms with Crippen LogP contribution in [0.5, 0.6) is 11.5 Å². The Hall–Kier alpha value is -2.67. The molecule has 2 aromatic heterocycles. The smallest absolute Gasteiger partial charge is 0.179 e. The fourth-order valence-corrected chi connectivity index (χ4v) is 3.71. The van der Waals surface area contributed by atoms with Crippen LogP contribution in [0, 0.1) is 6.92 Å². The van der Waals surface area contributed by atoms with Crippen molar-refractivity contribution in [3.8, 4) is 11.5 Å². The molecule has 1 saturated heterocycles. The van der Waals surface area contributed by atoms with Gasteiger partial charge in [0.05, 0.1) is 37.8 Å². The molecule has 7 nitrogen and oxygen atoms in total. The molecule has 0 unspecified atom stereocenters. The molecule has 0 radical (unpaired) electrons. The van der Waals surface area contributed by atoms with E-state index >= 15 is 0 Å². The van der Waals surface area contributed by atoms with Gasteiger partial charge >= 0.3 is 0 Å². The lowest BCUT2D eigenvalue weighted by Gasteiger charge is -2.16. The zero-order chi connectivity index (χ0) is 19.3. The number of ether oxygens (including phenoxy) is 2. The number of likely N-dealkylation sites (tertiary alicyclic amines) is 1. The number of aryl methyl sites for hydroxylation is 1. The first kappa shape index (κ1) is 18.7. The average molecular weight is 381 g/mol. The number of nitrogens with one attached hydrogen (secondary N) is 1. The first-order chi connectivity index (χ1) is 13.7. The molecule has 2 aliphatic heterocycles. The number of aromatic nitrogens is 2. The van der Waals surface area contributed by atoms with Gasteiger partial charge in [-0.25, -0.2) is 4.98 Å². The lowest BCUT2D eigenvalue weighted by atomic mass is 10.1. The van der Waals surface area contributed by atoms with E-state index in [0.29, 0.717) is 30.5 Å². The minimum absolute atomic E-state index is 0.632. The number of hydrogen-bond donors (Lipinski definition) is 1. The number of rotatable bonds is 8. The van der Waals surface area contributed by atoms with Crippen LogP contribution in [0.3, 0.4) is 0 Å². The highest BCUT2D eigenvalue weighted by atomic mass is 16.5. The third-order valence-electron chi connectivity index (χ3n) is 5.12. The van der Waals surface area contributed by atoms with Crippen LogP contribution in [-0.4, -0.2) is 54.4 Å². The van der Waals surface area contributed by atoms with Crippen molar-refractivity contribution in [2.75, 3.05) is 38.7 Å². The molecule has 0 bridgehead atoms. The van der Waals surface area contributed by atoms with Gasteiger partial charge in [0.1, 0.15) is 5.82 Å². The Labute approximate surface area is 165 Å². The molecule has 1 fully saturated rings. The molecular weight excluding hydrogens is 354 g/mol. The molecule has 2 aromatic rings. The van der Waals surface area contributed by atoms with E-state index in [2.05, 4.69) is 25.2 Å². The Morgan fingerprint density at radius 3 is 2.86 bits per heavy atom. The summed E-state index contributed by atoms with van der Waals surface area (Å²) in [7, 11) is 1.64. The van der Waals surface area contributed by atoms with Gasteiger partial charge < -0.3 is 19.7 Å². The van der Waals surface area contributed by atoms with Crippen molar-refractivity contribution in [2.45, 2.75) is 32.7 Å². The Balaban J connectivity index is 1.44. The molecule has 4 rings (SSSR count). The van der Waals surface area contributed by atoms with Crippen molar-refractivity contribution in [3.05, 3.63) is 35.3 Å². The number of aliphatic imine (C=N–C) groups is 1. The molecule has 2 aliphatic rings. The fraction of sp³-hybridized carbons (Fsp3) is 0.476. The molecular formula is C21H27N5O2. The van der Waals surface area contributed by atoms with Crippen LogP contribution in [0.15, 0.2) is 23.3 Å². The van der Waals surface area contributed by atoms with Crippen molar-refractivity contribution >= 4 is 17.7 Å². The van der Waals surface area contributed by atoms with E-state index in [4.69, 9.17) is 9.47 Å². The number of anilines is 2. The topological polar surface area (TPSA) is 71.9 Å². The Kier molecular flexibility index (Phi) is 5.71. The second-order valence-corrected chi connectivity index (χ2v) is 7.24. The Morgan fingerprint density at radius 2 is 2.04 bits per heavy atom. The summed E-state index contributed by atoms with van der Waals surface area (Å²) in [5, 5.41) is 3.39. The maximum absolute atomic E-state index is 6.01. The van der Waals surface area contributed by atoms with Crippen LogP contribution in [0.4, 0.5) is 11.5 Å². The van der Waals surface area contributed by atoms with Crippen LogP contribution in [-0.2, 0) is 6.54 Å². The van der Waals surface area contributed by atoms with Crippen molar-refractivity contribution in [3.63, 3.8) is 0 Å². The second kappa shape index (κ2) is 8.56. The molecule has 0 atom stereocenters. The maximum Gasteiger partial charge on any atom is 0.179 e. The van der Waals surface area contributed by atoms with Crippen LogP contribution in [0.1, 0.15) is 36.2 Å². The van der Waals surface area contributed by atoms with Crippen molar-refractivity contribution < 1.29 is 9.47 Å². The predicted molar refractivity (Wildman–Crippen MR) is 110 cm³/mol. The molecule has 7 heteroatoms. The molecule has 148 valence electrons. The van der Waals surface area contributed by atoms with Gasteiger partial charge in [0.15, 0.2) is 11.5 Å². The van der Waals surface area contributed by atoms with Gasteiger partial charge in [0, 0.05) is 30.1 Å². The lowest BCUT2D eigenvalue weighted by molar-refractivity contribution is 0.254. The van der Waals surface area contributed by atoms with E-state index in [9.17, 15) is 0 Å². The van der Waals surface area contributed by atoms with E-state index < -0.39 is 0 Å². The zero-order valence-corrected chi connectivity index (χ0v) is 16.6. The molecule has 0 amide bonds. The maximum atomic E-state index is 6.01. The SMILES string of the molecule is COc1cnc(Nc2cc(C)nc3c2C=NC3)cc1OCCCN1CCCC1. The van der Waals surface area contributed by atoms with Crippen LogP contribution < -0.4 is 14.8 Å². The number of nitrogens with zero attached hydrogens (tertiary/aromatic N) is 4. The third kappa shape index (κ3) is 4.25. The number of pyridine rings is 2. The first-order valence-corrected chi connectivity index (χ1v) is 9.89. The molecule has 1 N–H and O–H groups in total. The molecule has 0 spiro atoms. The van der Waals surface area contributed by atoms with E-state index in [1.165, 1.54) is 25.9 Å². The minimum atomic E-state index is 0.632.